The van der Waals surface area contributed by atoms with Crippen LogP contribution in [-0.4, -0.2) is 68.1 Å². The van der Waals surface area contributed by atoms with Gasteiger partial charge < -0.3 is 9.15 Å². The zero-order chi connectivity index (χ0) is 19.0. The number of aromatic nitrogens is 1. The van der Waals surface area contributed by atoms with E-state index in [1.165, 1.54) is 10.6 Å². The maximum absolute atomic E-state index is 13.1. The molecule has 0 radical (unpaired) electrons. The van der Waals surface area contributed by atoms with Gasteiger partial charge in [-0.05, 0) is 30.9 Å². The van der Waals surface area contributed by atoms with E-state index in [4.69, 9.17) is 9.15 Å². The number of piperidine rings is 1. The Hall–Kier alpha value is -1.68. The first-order chi connectivity index (χ1) is 12.9. The lowest BCUT2D eigenvalue weighted by Crippen LogP contribution is -2.46. The Balaban J connectivity index is 1.53. The molecule has 1 aromatic heterocycles. The number of ether oxygens (including phenoxy) is 1. The van der Waals surface area contributed by atoms with Gasteiger partial charge in [-0.1, -0.05) is 0 Å². The van der Waals surface area contributed by atoms with E-state index in [9.17, 15) is 13.2 Å². The quantitative estimate of drug-likeness (QED) is 0.764. The summed E-state index contributed by atoms with van der Waals surface area (Å²) >= 11 is 0. The van der Waals surface area contributed by atoms with Gasteiger partial charge in [-0.25, -0.2) is 13.2 Å². The summed E-state index contributed by atoms with van der Waals surface area (Å²) in [6.07, 6.45) is 1.90. The van der Waals surface area contributed by atoms with Gasteiger partial charge in [0.25, 0.3) is 0 Å². The van der Waals surface area contributed by atoms with Crippen molar-refractivity contribution in [2.45, 2.75) is 17.7 Å². The van der Waals surface area contributed by atoms with E-state index in [2.05, 4.69) is 4.90 Å². The van der Waals surface area contributed by atoms with Crippen LogP contribution < -0.4 is 5.76 Å². The predicted molar refractivity (Wildman–Crippen MR) is 100 cm³/mol. The molecule has 3 heterocycles. The molecule has 0 saturated carbocycles. The Kier molecular flexibility index (Phi) is 5.11. The Bertz CT molecular complexity index is 975. The van der Waals surface area contributed by atoms with Gasteiger partial charge in [-0.15, -0.1) is 0 Å². The highest BCUT2D eigenvalue weighted by Crippen LogP contribution is 2.26. The van der Waals surface area contributed by atoms with Gasteiger partial charge >= 0.3 is 5.76 Å². The second kappa shape index (κ2) is 7.38. The minimum Gasteiger partial charge on any atom is -0.408 e. The number of morpholine rings is 1. The lowest BCUT2D eigenvalue weighted by Gasteiger charge is -2.36. The largest absolute Gasteiger partial charge is 0.419 e. The third kappa shape index (κ3) is 3.69. The molecule has 8 nitrogen and oxygen atoms in total. The van der Waals surface area contributed by atoms with Crippen LogP contribution in [0.5, 0.6) is 0 Å². The van der Waals surface area contributed by atoms with Crippen molar-refractivity contribution in [3.05, 3.63) is 28.7 Å². The highest BCUT2D eigenvalue weighted by molar-refractivity contribution is 7.89. The summed E-state index contributed by atoms with van der Waals surface area (Å²) in [5.41, 5.74) is 0.883. The second-order valence-corrected chi connectivity index (χ2v) is 9.28. The minimum atomic E-state index is -3.61. The number of rotatable bonds is 4. The lowest BCUT2D eigenvalue weighted by atomic mass is 9.99. The number of nitrogens with zero attached hydrogens (tertiary/aromatic N) is 3. The number of hydrogen-bond acceptors (Lipinski definition) is 6. The lowest BCUT2D eigenvalue weighted by molar-refractivity contribution is 0.0265. The van der Waals surface area contributed by atoms with Crippen molar-refractivity contribution in [3.8, 4) is 0 Å². The molecule has 0 bridgehead atoms. The van der Waals surface area contributed by atoms with Gasteiger partial charge in [0.2, 0.25) is 10.0 Å². The summed E-state index contributed by atoms with van der Waals surface area (Å²) < 4.78 is 39.7. The zero-order valence-electron chi connectivity index (χ0n) is 15.5. The monoisotopic (exact) mass is 395 g/mol. The Morgan fingerprint density at radius 1 is 1.19 bits per heavy atom. The van der Waals surface area contributed by atoms with E-state index in [-0.39, 0.29) is 4.90 Å². The molecule has 2 aliphatic rings. The molecule has 1 atom stereocenters. The molecule has 2 saturated heterocycles. The number of benzene rings is 1. The molecular weight excluding hydrogens is 370 g/mol. The van der Waals surface area contributed by atoms with Crippen molar-refractivity contribution in [2.75, 3.05) is 45.9 Å². The molecule has 0 N–H and O–H groups in total. The predicted octanol–water partition coefficient (Wildman–Crippen LogP) is 0.864. The fourth-order valence-corrected chi connectivity index (χ4v) is 5.54. The van der Waals surface area contributed by atoms with E-state index in [1.807, 2.05) is 0 Å². The molecule has 9 heteroatoms. The van der Waals surface area contributed by atoms with Crippen LogP contribution in [0.3, 0.4) is 0 Å². The second-order valence-electron chi connectivity index (χ2n) is 7.34. The topological polar surface area (TPSA) is 85.0 Å². The number of aryl methyl sites for hydroxylation is 1. The van der Waals surface area contributed by atoms with E-state index in [1.54, 1.807) is 23.5 Å². The molecule has 2 fully saturated rings. The standard InChI is InChI=1S/C18H25N3O5S/c1-19-16-5-4-15(11-17(16)26-18(19)22)27(23,24)21-6-2-3-14(13-21)12-20-7-9-25-10-8-20/h4-5,11,14H,2-3,6-10,12-13H2,1H3. The van der Waals surface area contributed by atoms with Gasteiger partial charge in [-0.3, -0.25) is 9.47 Å². The smallest absolute Gasteiger partial charge is 0.408 e. The van der Waals surface area contributed by atoms with Crippen molar-refractivity contribution in [1.82, 2.24) is 13.8 Å². The average Bonchev–Trinajstić information content (AvgIpc) is 2.96. The molecule has 1 unspecified atom stereocenters. The van der Waals surface area contributed by atoms with Gasteiger partial charge in [-0.2, -0.15) is 4.31 Å². The Labute approximate surface area is 158 Å². The highest BCUT2D eigenvalue weighted by atomic mass is 32.2. The molecule has 2 aromatic rings. The molecular formula is C18H25N3O5S. The summed E-state index contributed by atoms with van der Waals surface area (Å²) in [5.74, 6) is -0.173. The van der Waals surface area contributed by atoms with Crippen molar-refractivity contribution in [3.63, 3.8) is 0 Å². The first-order valence-corrected chi connectivity index (χ1v) is 10.8. The molecule has 4 rings (SSSR count). The molecule has 0 amide bonds. The van der Waals surface area contributed by atoms with Crippen LogP contribution >= 0.6 is 0 Å². The first kappa shape index (κ1) is 18.7. The minimum absolute atomic E-state index is 0.177. The average molecular weight is 395 g/mol. The van der Waals surface area contributed by atoms with Crippen molar-refractivity contribution in [2.24, 2.45) is 13.0 Å². The Morgan fingerprint density at radius 2 is 1.96 bits per heavy atom. The zero-order valence-corrected chi connectivity index (χ0v) is 16.3. The summed E-state index contributed by atoms with van der Waals surface area (Å²) in [4.78, 5) is 14.2. The third-order valence-electron chi connectivity index (χ3n) is 5.50. The van der Waals surface area contributed by atoms with Gasteiger partial charge in [0.05, 0.1) is 23.6 Å². The van der Waals surface area contributed by atoms with Crippen molar-refractivity contribution in [1.29, 1.82) is 0 Å². The van der Waals surface area contributed by atoms with Crippen molar-refractivity contribution >= 4 is 21.1 Å². The fourth-order valence-electron chi connectivity index (χ4n) is 3.97. The molecule has 0 spiro atoms. The van der Waals surface area contributed by atoms with Crippen LogP contribution in [0, 0.1) is 5.92 Å². The van der Waals surface area contributed by atoms with E-state index in [0.717, 1.165) is 45.7 Å². The van der Waals surface area contributed by atoms with Crippen LogP contribution in [0.4, 0.5) is 0 Å². The first-order valence-electron chi connectivity index (χ1n) is 9.35. The fraction of sp³-hybridized carbons (Fsp3) is 0.611. The number of fused-ring (bicyclic) bond motifs is 1. The summed E-state index contributed by atoms with van der Waals surface area (Å²) in [6.45, 7) is 5.27. The number of hydrogen-bond donors (Lipinski definition) is 0. The Morgan fingerprint density at radius 3 is 2.74 bits per heavy atom. The van der Waals surface area contributed by atoms with Gasteiger partial charge in [0.1, 0.15) is 0 Å². The molecule has 1 aromatic carbocycles. The molecule has 148 valence electrons. The maximum Gasteiger partial charge on any atom is 0.419 e. The SMILES string of the molecule is Cn1c(=O)oc2cc(S(=O)(=O)N3CCCC(CN4CCOCC4)C3)ccc21. The van der Waals surface area contributed by atoms with E-state index >= 15 is 0 Å². The van der Waals surface area contributed by atoms with Gasteiger partial charge in [0.15, 0.2) is 5.58 Å². The molecule has 0 aliphatic carbocycles. The summed E-state index contributed by atoms with van der Waals surface area (Å²) in [7, 11) is -2.01. The normalized spacial score (nSPS) is 23.1. The van der Waals surface area contributed by atoms with E-state index < -0.39 is 15.8 Å². The van der Waals surface area contributed by atoms with E-state index in [0.29, 0.717) is 30.1 Å². The van der Waals surface area contributed by atoms with Crippen LogP contribution in [-0.2, 0) is 21.8 Å². The maximum atomic E-state index is 13.1. The van der Waals surface area contributed by atoms with Crippen LogP contribution in [0.25, 0.3) is 11.1 Å². The van der Waals surface area contributed by atoms with Crippen LogP contribution in [0.15, 0.2) is 32.3 Å². The molecule has 2 aliphatic heterocycles. The van der Waals surface area contributed by atoms with Gasteiger partial charge in [0, 0.05) is 45.8 Å². The summed E-state index contributed by atoms with van der Waals surface area (Å²) in [5, 5.41) is 0. The number of sulfonamides is 1. The summed E-state index contributed by atoms with van der Waals surface area (Å²) in [6, 6.07) is 4.64. The van der Waals surface area contributed by atoms with Crippen LogP contribution in [0.2, 0.25) is 0 Å². The van der Waals surface area contributed by atoms with Crippen molar-refractivity contribution < 1.29 is 17.6 Å². The molecule has 27 heavy (non-hydrogen) atoms. The third-order valence-corrected chi connectivity index (χ3v) is 7.36. The highest BCUT2D eigenvalue weighted by Gasteiger charge is 2.31. The number of oxazole rings is 1. The van der Waals surface area contributed by atoms with Crippen LogP contribution in [0.1, 0.15) is 12.8 Å².